The summed E-state index contributed by atoms with van der Waals surface area (Å²) in [5.41, 5.74) is 1.94. The van der Waals surface area contributed by atoms with Crippen molar-refractivity contribution in [3.63, 3.8) is 0 Å². The molecule has 2 aromatic rings. The number of ether oxygens (including phenoxy) is 2. The highest BCUT2D eigenvalue weighted by atomic mass is 16.5. The van der Waals surface area contributed by atoms with Crippen LogP contribution in [-0.2, 0) is 4.79 Å². The molecule has 0 radical (unpaired) electrons. The minimum Gasteiger partial charge on any atom is -0.467 e. The fourth-order valence-corrected chi connectivity index (χ4v) is 4.68. The molecular weight excluding hydrogens is 368 g/mol. The predicted octanol–water partition coefficient (Wildman–Crippen LogP) is 4.01. The van der Waals surface area contributed by atoms with Crippen LogP contribution >= 0.6 is 0 Å². The third-order valence-electron chi connectivity index (χ3n) is 5.49. The third-order valence-corrected chi connectivity index (χ3v) is 5.49. The average Bonchev–Trinajstić information content (AvgIpc) is 2.58. The maximum absolute atomic E-state index is 12.4. The van der Waals surface area contributed by atoms with Crippen LogP contribution in [0.4, 0.5) is 4.79 Å². The molecule has 0 aromatic heterocycles. The maximum atomic E-state index is 12.4. The number of carbonyl (C=O) groups excluding carboxylic acids is 2. The lowest BCUT2D eigenvalue weighted by molar-refractivity contribution is -0.131. The number of esters is 1. The molecule has 2 unspecified atom stereocenters. The standard InChI is InChI=1S/C23H26N2O4/c1-14-10-17(28-15(2)26)11-19-20(14)18(16-8-6-5-7-9-16)12-23(29-19)13-22(3,4)24-21(27)25-23/h5-11,18H,12-13H2,1-4H3,(H2,24,25,27). The van der Waals surface area contributed by atoms with Crippen molar-refractivity contribution in [3.05, 3.63) is 59.2 Å². The van der Waals surface area contributed by atoms with Crippen molar-refractivity contribution in [2.24, 2.45) is 0 Å². The summed E-state index contributed by atoms with van der Waals surface area (Å²) in [6.07, 6.45) is 1.22. The number of hydrogen-bond donors (Lipinski definition) is 2. The molecule has 1 fully saturated rings. The van der Waals surface area contributed by atoms with Gasteiger partial charge >= 0.3 is 12.0 Å². The van der Waals surface area contributed by atoms with E-state index >= 15 is 0 Å². The highest BCUT2D eigenvalue weighted by Gasteiger charge is 2.50. The van der Waals surface area contributed by atoms with Crippen LogP contribution in [0.5, 0.6) is 11.5 Å². The molecule has 2 aromatic carbocycles. The first-order valence-electron chi connectivity index (χ1n) is 9.84. The molecule has 152 valence electrons. The molecule has 0 aliphatic carbocycles. The van der Waals surface area contributed by atoms with Crippen LogP contribution in [0.3, 0.4) is 0 Å². The average molecular weight is 394 g/mol. The third kappa shape index (κ3) is 3.79. The second-order valence-electron chi connectivity index (χ2n) is 8.65. The molecule has 1 spiro atoms. The van der Waals surface area contributed by atoms with Gasteiger partial charge in [-0.2, -0.15) is 0 Å². The number of amides is 2. The summed E-state index contributed by atoms with van der Waals surface area (Å²) in [6.45, 7) is 7.35. The monoisotopic (exact) mass is 394 g/mol. The van der Waals surface area contributed by atoms with Crippen molar-refractivity contribution in [1.82, 2.24) is 10.6 Å². The second kappa shape index (κ2) is 6.79. The lowest BCUT2D eigenvalue weighted by Gasteiger charge is -2.49. The molecule has 4 rings (SSSR count). The van der Waals surface area contributed by atoms with Crippen LogP contribution in [0.1, 0.15) is 56.2 Å². The first kappa shape index (κ1) is 19.3. The molecule has 2 aliphatic rings. The molecule has 2 amide bonds. The summed E-state index contributed by atoms with van der Waals surface area (Å²) in [5.74, 6) is 0.739. The normalized spacial score (nSPS) is 24.7. The maximum Gasteiger partial charge on any atom is 0.318 e. The van der Waals surface area contributed by atoms with Gasteiger partial charge < -0.3 is 20.1 Å². The smallest absolute Gasteiger partial charge is 0.318 e. The van der Waals surface area contributed by atoms with E-state index in [0.717, 1.165) is 16.7 Å². The zero-order valence-electron chi connectivity index (χ0n) is 17.2. The Morgan fingerprint density at radius 1 is 1.17 bits per heavy atom. The summed E-state index contributed by atoms with van der Waals surface area (Å²) in [7, 11) is 0. The number of hydrogen-bond acceptors (Lipinski definition) is 4. The van der Waals surface area contributed by atoms with E-state index in [9.17, 15) is 9.59 Å². The Morgan fingerprint density at radius 2 is 1.90 bits per heavy atom. The number of benzene rings is 2. The number of urea groups is 1. The van der Waals surface area contributed by atoms with Gasteiger partial charge in [0.15, 0.2) is 5.72 Å². The summed E-state index contributed by atoms with van der Waals surface area (Å²) in [5, 5.41) is 5.98. The summed E-state index contributed by atoms with van der Waals surface area (Å²) in [4.78, 5) is 23.9. The topological polar surface area (TPSA) is 76.7 Å². The van der Waals surface area contributed by atoms with Gasteiger partial charge in [-0.05, 0) is 38.0 Å². The second-order valence-corrected chi connectivity index (χ2v) is 8.65. The Morgan fingerprint density at radius 3 is 2.55 bits per heavy atom. The highest BCUT2D eigenvalue weighted by molar-refractivity contribution is 5.77. The molecule has 6 heteroatoms. The minimum atomic E-state index is -0.847. The van der Waals surface area contributed by atoms with E-state index in [-0.39, 0.29) is 17.9 Å². The van der Waals surface area contributed by atoms with E-state index < -0.39 is 11.3 Å². The predicted molar refractivity (Wildman–Crippen MR) is 109 cm³/mol. The lowest BCUT2D eigenvalue weighted by Crippen LogP contribution is -2.69. The Bertz CT molecular complexity index is 970. The fraction of sp³-hybridized carbons (Fsp3) is 0.391. The van der Waals surface area contributed by atoms with Crippen LogP contribution in [0.2, 0.25) is 0 Å². The molecule has 2 aliphatic heterocycles. The summed E-state index contributed by atoms with van der Waals surface area (Å²) >= 11 is 0. The van der Waals surface area contributed by atoms with Crippen LogP contribution < -0.4 is 20.1 Å². The molecule has 2 heterocycles. The van der Waals surface area contributed by atoms with Gasteiger partial charge in [0.2, 0.25) is 0 Å². The first-order valence-corrected chi connectivity index (χ1v) is 9.84. The molecule has 6 nitrogen and oxygen atoms in total. The van der Waals surface area contributed by atoms with Crippen molar-refractivity contribution in [2.75, 3.05) is 0 Å². The van der Waals surface area contributed by atoms with Gasteiger partial charge in [-0.1, -0.05) is 30.3 Å². The van der Waals surface area contributed by atoms with E-state index in [4.69, 9.17) is 9.47 Å². The Hall–Kier alpha value is -3.02. The summed E-state index contributed by atoms with van der Waals surface area (Å²) in [6, 6.07) is 13.6. The number of aryl methyl sites for hydroxylation is 1. The van der Waals surface area contributed by atoms with Gasteiger partial charge in [-0.3, -0.25) is 4.79 Å². The van der Waals surface area contributed by atoms with Gasteiger partial charge in [0, 0.05) is 42.9 Å². The van der Waals surface area contributed by atoms with Gasteiger partial charge in [0.25, 0.3) is 0 Å². The lowest BCUT2D eigenvalue weighted by atomic mass is 9.76. The SMILES string of the molecule is CC(=O)Oc1cc(C)c2c(c1)OC1(CC2c2ccccc2)CC(C)(C)NC(=O)N1. The van der Waals surface area contributed by atoms with Crippen molar-refractivity contribution < 1.29 is 19.1 Å². The molecular formula is C23H26N2O4. The quantitative estimate of drug-likeness (QED) is 0.596. The molecule has 0 saturated carbocycles. The van der Waals surface area contributed by atoms with Crippen molar-refractivity contribution in [1.29, 1.82) is 0 Å². The van der Waals surface area contributed by atoms with Crippen molar-refractivity contribution in [2.45, 2.75) is 57.7 Å². The zero-order valence-corrected chi connectivity index (χ0v) is 17.2. The summed E-state index contributed by atoms with van der Waals surface area (Å²) < 4.78 is 11.8. The van der Waals surface area contributed by atoms with E-state index in [0.29, 0.717) is 24.3 Å². The molecule has 1 saturated heterocycles. The van der Waals surface area contributed by atoms with Gasteiger partial charge in [-0.15, -0.1) is 0 Å². The van der Waals surface area contributed by atoms with Crippen LogP contribution in [0.25, 0.3) is 0 Å². The number of carbonyl (C=O) groups is 2. The van der Waals surface area contributed by atoms with Crippen molar-refractivity contribution in [3.8, 4) is 11.5 Å². The first-order chi connectivity index (χ1) is 13.7. The van der Waals surface area contributed by atoms with E-state index in [1.54, 1.807) is 6.07 Å². The Balaban J connectivity index is 1.85. The molecule has 29 heavy (non-hydrogen) atoms. The van der Waals surface area contributed by atoms with Crippen LogP contribution in [0.15, 0.2) is 42.5 Å². The fourth-order valence-electron chi connectivity index (χ4n) is 4.68. The number of rotatable bonds is 2. The largest absolute Gasteiger partial charge is 0.467 e. The Labute approximate surface area is 170 Å². The van der Waals surface area contributed by atoms with Crippen LogP contribution in [-0.4, -0.2) is 23.3 Å². The van der Waals surface area contributed by atoms with Crippen molar-refractivity contribution >= 4 is 12.0 Å². The zero-order chi connectivity index (χ0) is 20.8. The van der Waals surface area contributed by atoms with Crippen LogP contribution in [0, 0.1) is 6.92 Å². The van der Waals surface area contributed by atoms with E-state index in [1.165, 1.54) is 6.92 Å². The van der Waals surface area contributed by atoms with Gasteiger partial charge in [0.1, 0.15) is 11.5 Å². The molecule has 0 bridgehead atoms. The number of nitrogens with one attached hydrogen (secondary N) is 2. The van der Waals surface area contributed by atoms with E-state index in [2.05, 4.69) is 22.8 Å². The molecule has 2 N–H and O–H groups in total. The van der Waals surface area contributed by atoms with Gasteiger partial charge in [-0.25, -0.2) is 4.79 Å². The van der Waals surface area contributed by atoms with Gasteiger partial charge in [0.05, 0.1) is 0 Å². The Kier molecular flexibility index (Phi) is 4.52. The number of fused-ring (bicyclic) bond motifs is 1. The molecule has 2 atom stereocenters. The van der Waals surface area contributed by atoms with E-state index in [1.807, 2.05) is 45.0 Å². The highest BCUT2D eigenvalue weighted by Crippen LogP contribution is 2.49. The minimum absolute atomic E-state index is 0.0422.